The number of nitrogens with zero attached hydrogens (tertiary/aromatic N) is 1. The average Bonchev–Trinajstić information content (AvgIpc) is 2.89. The predicted molar refractivity (Wildman–Crippen MR) is 142 cm³/mol. The van der Waals surface area contributed by atoms with E-state index in [1.54, 1.807) is 18.2 Å². The van der Waals surface area contributed by atoms with Crippen molar-refractivity contribution in [1.82, 2.24) is 15.5 Å². The molecule has 2 aromatic rings. The number of carbonyl (C=O) groups is 2. The third-order valence-electron chi connectivity index (χ3n) is 8.09. The molecule has 3 aliphatic heterocycles. The van der Waals surface area contributed by atoms with E-state index in [4.69, 9.17) is 14.9 Å². The molecule has 2 amide bonds. The van der Waals surface area contributed by atoms with Crippen molar-refractivity contribution in [1.29, 1.82) is 5.41 Å². The van der Waals surface area contributed by atoms with E-state index in [2.05, 4.69) is 10.6 Å². The summed E-state index contributed by atoms with van der Waals surface area (Å²) in [5.74, 6) is 0.835. The summed E-state index contributed by atoms with van der Waals surface area (Å²) in [5.41, 5.74) is 0.798. The highest BCUT2D eigenvalue weighted by atomic mass is 16.5. The summed E-state index contributed by atoms with van der Waals surface area (Å²) in [6, 6.07) is 11.4. The number of hydrogen-bond donors (Lipinski definition) is 4. The van der Waals surface area contributed by atoms with Gasteiger partial charge in [0.2, 0.25) is 5.91 Å². The summed E-state index contributed by atoms with van der Waals surface area (Å²) in [5, 5.41) is 25.6. The van der Waals surface area contributed by atoms with Gasteiger partial charge in [0.25, 0.3) is 5.91 Å². The molecular weight excluding hydrogens is 484 g/mol. The number of para-hydroxylation sites is 1. The Balaban J connectivity index is 1.46. The second-order valence-electron chi connectivity index (χ2n) is 11.1. The minimum Gasteiger partial charge on any atom is -0.490 e. The third kappa shape index (κ3) is 4.60. The van der Waals surface area contributed by atoms with Gasteiger partial charge in [-0.15, -0.1) is 0 Å². The van der Waals surface area contributed by atoms with Crippen LogP contribution in [-0.2, 0) is 4.79 Å². The van der Waals surface area contributed by atoms with Gasteiger partial charge in [-0.1, -0.05) is 32.0 Å². The lowest BCUT2D eigenvalue weighted by Gasteiger charge is -2.48. The lowest BCUT2D eigenvalue weighted by Crippen LogP contribution is -2.63. The van der Waals surface area contributed by atoms with Crippen molar-refractivity contribution in [3.8, 4) is 11.5 Å². The molecule has 0 saturated carbocycles. The van der Waals surface area contributed by atoms with Gasteiger partial charge in [-0.05, 0) is 51.0 Å². The average molecular weight is 521 g/mol. The number of fused-ring (bicyclic) bond motifs is 2. The number of benzene rings is 2. The van der Waals surface area contributed by atoms with Gasteiger partial charge in [0, 0.05) is 28.7 Å². The molecule has 38 heavy (non-hydrogen) atoms. The minimum absolute atomic E-state index is 0.0791. The maximum atomic E-state index is 13.5. The quantitative estimate of drug-likeness (QED) is 0.475. The van der Waals surface area contributed by atoms with Crippen molar-refractivity contribution < 1.29 is 24.2 Å². The van der Waals surface area contributed by atoms with Crippen LogP contribution in [0.5, 0.6) is 11.5 Å². The molecule has 5 rings (SSSR count). The van der Waals surface area contributed by atoms with Crippen molar-refractivity contribution >= 4 is 17.8 Å². The molecule has 9 nitrogen and oxygen atoms in total. The van der Waals surface area contributed by atoms with Crippen molar-refractivity contribution in [3.05, 3.63) is 59.2 Å². The highest BCUT2D eigenvalue weighted by Gasteiger charge is 2.46. The molecule has 0 spiro atoms. The Labute approximate surface area is 223 Å². The lowest BCUT2D eigenvalue weighted by atomic mass is 9.83. The maximum Gasteiger partial charge on any atom is 0.251 e. The first-order valence-electron chi connectivity index (χ1n) is 13.3. The normalized spacial score (nSPS) is 25.3. The molecule has 1 fully saturated rings. The molecule has 3 heterocycles. The van der Waals surface area contributed by atoms with Gasteiger partial charge in [0.05, 0.1) is 18.5 Å². The Morgan fingerprint density at radius 1 is 1.16 bits per heavy atom. The van der Waals surface area contributed by atoms with Crippen molar-refractivity contribution in [2.45, 2.75) is 82.7 Å². The zero-order valence-electron chi connectivity index (χ0n) is 22.3. The first kappa shape index (κ1) is 26.0. The fourth-order valence-corrected chi connectivity index (χ4v) is 5.80. The van der Waals surface area contributed by atoms with Gasteiger partial charge < -0.3 is 25.2 Å². The van der Waals surface area contributed by atoms with E-state index in [1.165, 1.54) is 4.90 Å². The number of ether oxygens (including phenoxy) is 2. The largest absolute Gasteiger partial charge is 0.490 e. The van der Waals surface area contributed by atoms with E-state index in [9.17, 15) is 14.7 Å². The van der Waals surface area contributed by atoms with E-state index in [-0.39, 0.29) is 24.4 Å². The molecule has 0 radical (unpaired) electrons. The molecule has 3 atom stereocenters. The van der Waals surface area contributed by atoms with Crippen molar-refractivity contribution in [3.63, 3.8) is 0 Å². The van der Waals surface area contributed by atoms with Crippen LogP contribution >= 0.6 is 0 Å². The molecular formula is C29H36N4O5. The molecule has 0 unspecified atom stereocenters. The van der Waals surface area contributed by atoms with Crippen molar-refractivity contribution in [2.75, 3.05) is 6.61 Å². The van der Waals surface area contributed by atoms with Gasteiger partial charge >= 0.3 is 0 Å². The fraction of sp³-hybridized carbons (Fsp3) is 0.483. The van der Waals surface area contributed by atoms with Gasteiger partial charge in [-0.25, -0.2) is 0 Å². The van der Waals surface area contributed by atoms with Crippen LogP contribution in [0.2, 0.25) is 0 Å². The van der Waals surface area contributed by atoms with Crippen LogP contribution in [0.1, 0.15) is 86.9 Å². The van der Waals surface area contributed by atoms with E-state index in [0.29, 0.717) is 41.0 Å². The molecule has 0 aliphatic carbocycles. The van der Waals surface area contributed by atoms with Crippen LogP contribution in [0.4, 0.5) is 0 Å². The Morgan fingerprint density at radius 2 is 1.89 bits per heavy atom. The Bertz CT molecular complexity index is 1250. The molecule has 0 aromatic heterocycles. The molecule has 1 saturated heterocycles. The van der Waals surface area contributed by atoms with Crippen molar-refractivity contribution in [2.24, 2.45) is 0 Å². The Morgan fingerprint density at radius 3 is 2.61 bits per heavy atom. The second kappa shape index (κ2) is 9.62. The van der Waals surface area contributed by atoms with Crippen LogP contribution in [0.3, 0.4) is 0 Å². The zero-order chi connectivity index (χ0) is 27.2. The summed E-state index contributed by atoms with van der Waals surface area (Å²) < 4.78 is 11.8. The molecule has 0 bridgehead atoms. The Hall–Kier alpha value is -3.59. The number of guanidine groups is 1. The SMILES string of the molecule is CCC1(CC)CC(=O)N([C@@H]2CC(C)(C)Oc3ccc(C(=O)N[C@@H]4c5ccccc5OC[C@H]4O)cc32)C(=N)N1. The van der Waals surface area contributed by atoms with Crippen LogP contribution < -0.4 is 20.1 Å². The van der Waals surface area contributed by atoms with E-state index < -0.39 is 29.3 Å². The zero-order valence-corrected chi connectivity index (χ0v) is 22.3. The second-order valence-corrected chi connectivity index (χ2v) is 11.1. The number of aliphatic hydroxyl groups excluding tert-OH is 1. The molecule has 9 heteroatoms. The topological polar surface area (TPSA) is 124 Å². The Kier molecular flexibility index (Phi) is 6.59. The van der Waals surface area contributed by atoms with E-state index in [0.717, 1.165) is 12.8 Å². The van der Waals surface area contributed by atoms with Crippen LogP contribution in [0.25, 0.3) is 0 Å². The number of aliphatic hydroxyl groups is 1. The summed E-state index contributed by atoms with van der Waals surface area (Å²) in [6.45, 7) is 8.06. The summed E-state index contributed by atoms with van der Waals surface area (Å²) in [6.07, 6.45) is 1.37. The van der Waals surface area contributed by atoms with Gasteiger partial charge in [-0.3, -0.25) is 19.9 Å². The van der Waals surface area contributed by atoms with Crippen LogP contribution in [0, 0.1) is 5.41 Å². The molecule has 4 N–H and O–H groups in total. The fourth-order valence-electron chi connectivity index (χ4n) is 5.80. The van der Waals surface area contributed by atoms with Crippen LogP contribution in [-0.4, -0.2) is 51.6 Å². The number of carbonyl (C=O) groups excluding carboxylic acids is 2. The van der Waals surface area contributed by atoms with Crippen LogP contribution in [0.15, 0.2) is 42.5 Å². The van der Waals surface area contributed by atoms with E-state index >= 15 is 0 Å². The maximum absolute atomic E-state index is 13.5. The third-order valence-corrected chi connectivity index (χ3v) is 8.09. The number of amides is 2. The van der Waals surface area contributed by atoms with E-state index in [1.807, 2.05) is 52.0 Å². The summed E-state index contributed by atoms with van der Waals surface area (Å²) in [4.78, 5) is 28.4. The summed E-state index contributed by atoms with van der Waals surface area (Å²) in [7, 11) is 0. The lowest BCUT2D eigenvalue weighted by molar-refractivity contribution is -0.134. The standard InChI is InChI=1S/C29H36N4O5/c1-5-29(6-2)15-24(35)33(27(30)32-29)20-14-28(3,4)38-23-12-11-17(13-19(20)23)26(36)31-25-18-9-7-8-10-22(18)37-16-21(25)34/h7-13,20-21,25,34H,5-6,14-16H2,1-4H3,(H2,30,32)(H,31,36)/t20-,21-,25-/m1/s1. The number of nitrogens with one attached hydrogen (secondary N) is 3. The first-order valence-corrected chi connectivity index (χ1v) is 13.3. The molecule has 3 aliphatic rings. The minimum atomic E-state index is -0.890. The highest BCUT2D eigenvalue weighted by Crippen LogP contribution is 2.44. The summed E-state index contributed by atoms with van der Waals surface area (Å²) >= 11 is 0. The molecule has 2 aromatic carbocycles. The predicted octanol–water partition coefficient (Wildman–Crippen LogP) is 3.83. The van der Waals surface area contributed by atoms with Gasteiger partial charge in [0.1, 0.15) is 29.8 Å². The highest BCUT2D eigenvalue weighted by molar-refractivity contribution is 6.00. The first-order chi connectivity index (χ1) is 18.1. The smallest absolute Gasteiger partial charge is 0.251 e. The number of hydrogen-bond acceptors (Lipinski definition) is 6. The molecule has 202 valence electrons. The number of rotatable bonds is 5. The van der Waals surface area contributed by atoms with Gasteiger partial charge in [0.15, 0.2) is 5.96 Å². The monoisotopic (exact) mass is 520 g/mol. The van der Waals surface area contributed by atoms with Gasteiger partial charge in [-0.2, -0.15) is 0 Å².